The summed E-state index contributed by atoms with van der Waals surface area (Å²) < 4.78 is 1.94. The fourth-order valence-corrected chi connectivity index (χ4v) is 5.90. The van der Waals surface area contributed by atoms with Crippen molar-refractivity contribution >= 4 is 52.5 Å². The number of aromatic nitrogens is 6. The van der Waals surface area contributed by atoms with E-state index in [0.29, 0.717) is 55.3 Å². The SMILES string of the molecule is Cc1ncsc1CCNC(=O)c1cnc(N2CCN(C(=O)c3c(-c4ccccc4)n(C)c4nccnc34)CC2)cn1.Cl. The number of anilines is 1. The molecule has 5 aromatic rings. The average Bonchev–Trinajstić information content (AvgIpc) is 3.57. The summed E-state index contributed by atoms with van der Waals surface area (Å²) in [5.41, 5.74) is 6.67. The highest BCUT2D eigenvalue weighted by Gasteiger charge is 2.30. The van der Waals surface area contributed by atoms with Gasteiger partial charge in [-0.05, 0) is 12.5 Å². The molecule has 0 bridgehead atoms. The van der Waals surface area contributed by atoms with Crippen molar-refractivity contribution in [2.75, 3.05) is 37.6 Å². The van der Waals surface area contributed by atoms with Crippen LogP contribution in [0.3, 0.4) is 0 Å². The van der Waals surface area contributed by atoms with Crippen molar-refractivity contribution in [3.8, 4) is 11.3 Å². The summed E-state index contributed by atoms with van der Waals surface area (Å²) in [4.78, 5) is 53.6. The first-order chi connectivity index (χ1) is 20.0. The summed E-state index contributed by atoms with van der Waals surface area (Å²) in [6.07, 6.45) is 7.11. The van der Waals surface area contributed by atoms with Crippen molar-refractivity contribution in [1.82, 2.24) is 39.7 Å². The molecule has 0 spiro atoms. The van der Waals surface area contributed by atoms with Crippen LogP contribution in [0.5, 0.6) is 0 Å². The second kappa shape index (κ2) is 12.6. The minimum atomic E-state index is -0.256. The van der Waals surface area contributed by atoms with E-state index >= 15 is 0 Å². The Kier molecular flexibility index (Phi) is 8.74. The number of benzene rings is 1. The third-order valence-electron chi connectivity index (χ3n) is 7.31. The van der Waals surface area contributed by atoms with Gasteiger partial charge >= 0.3 is 0 Å². The molecule has 0 atom stereocenters. The molecule has 216 valence electrons. The van der Waals surface area contributed by atoms with E-state index in [1.807, 2.05) is 59.3 Å². The lowest BCUT2D eigenvalue weighted by Gasteiger charge is -2.35. The molecule has 1 aliphatic rings. The zero-order valence-electron chi connectivity index (χ0n) is 23.2. The molecule has 0 unspecified atom stereocenters. The molecule has 4 aromatic heterocycles. The standard InChI is InChI=1S/C29H29N9O2S.ClH/c1-19-22(41-18-35-19)8-9-32-28(39)21-16-34-23(17-33-21)37-12-14-38(15-13-37)29(40)24-25-27(31-11-10-30-25)36(2)26(24)20-6-4-3-5-7-20;/h3-7,10-11,16-18H,8-9,12-15H2,1-2H3,(H,32,39);1H. The Balaban J connectivity index is 0.00000353. The summed E-state index contributed by atoms with van der Waals surface area (Å²) in [5.74, 6) is 0.352. The average molecular weight is 604 g/mol. The number of hydrogen-bond donors (Lipinski definition) is 1. The van der Waals surface area contributed by atoms with Crippen LogP contribution in [-0.4, -0.2) is 78.9 Å². The van der Waals surface area contributed by atoms with Gasteiger partial charge in [0, 0.05) is 63.5 Å². The van der Waals surface area contributed by atoms with Gasteiger partial charge in [-0.2, -0.15) is 0 Å². The maximum Gasteiger partial charge on any atom is 0.271 e. The fraction of sp³-hybridized carbons (Fsp3) is 0.276. The molecule has 2 amide bonds. The summed E-state index contributed by atoms with van der Waals surface area (Å²) in [7, 11) is 1.92. The number of carbonyl (C=O) groups excluding carboxylic acids is 2. The number of hydrogen-bond acceptors (Lipinski definition) is 9. The second-order valence-electron chi connectivity index (χ2n) is 9.78. The van der Waals surface area contributed by atoms with E-state index < -0.39 is 0 Å². The maximum atomic E-state index is 13.9. The zero-order valence-corrected chi connectivity index (χ0v) is 24.9. The van der Waals surface area contributed by atoms with E-state index in [1.165, 1.54) is 6.20 Å². The highest BCUT2D eigenvalue weighted by atomic mass is 35.5. The molecule has 0 aliphatic carbocycles. The number of halogens is 1. The van der Waals surface area contributed by atoms with Crippen molar-refractivity contribution in [3.63, 3.8) is 0 Å². The van der Waals surface area contributed by atoms with Gasteiger partial charge in [-0.25, -0.2) is 19.9 Å². The number of thiazole rings is 1. The second-order valence-corrected chi connectivity index (χ2v) is 10.7. The zero-order chi connectivity index (χ0) is 28.3. The summed E-state index contributed by atoms with van der Waals surface area (Å²) >= 11 is 1.59. The fourth-order valence-electron chi connectivity index (χ4n) is 5.12. The molecule has 1 saturated heterocycles. The van der Waals surface area contributed by atoms with Gasteiger partial charge in [-0.1, -0.05) is 30.3 Å². The largest absolute Gasteiger partial charge is 0.352 e. The lowest BCUT2D eigenvalue weighted by atomic mass is 10.1. The molecule has 11 nitrogen and oxygen atoms in total. The van der Waals surface area contributed by atoms with Gasteiger partial charge in [-0.15, -0.1) is 23.7 Å². The minimum Gasteiger partial charge on any atom is -0.352 e. The van der Waals surface area contributed by atoms with Crippen molar-refractivity contribution in [2.24, 2.45) is 7.05 Å². The number of fused-ring (bicyclic) bond motifs is 1. The van der Waals surface area contributed by atoms with Gasteiger partial charge in [0.05, 0.1) is 34.9 Å². The Labute approximate surface area is 253 Å². The molecule has 1 aromatic carbocycles. The first-order valence-electron chi connectivity index (χ1n) is 13.4. The molecule has 1 fully saturated rings. The van der Waals surface area contributed by atoms with Gasteiger partial charge in [0.2, 0.25) is 0 Å². The van der Waals surface area contributed by atoms with Crippen LogP contribution in [-0.2, 0) is 13.5 Å². The number of aryl methyl sites for hydroxylation is 2. The Morgan fingerprint density at radius 3 is 2.40 bits per heavy atom. The minimum absolute atomic E-state index is 0. The Morgan fingerprint density at radius 2 is 1.71 bits per heavy atom. The number of piperazine rings is 1. The predicted molar refractivity (Wildman–Crippen MR) is 164 cm³/mol. The Bertz CT molecular complexity index is 1700. The lowest BCUT2D eigenvalue weighted by Crippen LogP contribution is -2.49. The molecule has 0 saturated carbocycles. The number of carbonyl (C=O) groups is 2. The van der Waals surface area contributed by atoms with Crippen LogP contribution in [0.4, 0.5) is 5.82 Å². The first kappa shape index (κ1) is 29.1. The van der Waals surface area contributed by atoms with E-state index in [9.17, 15) is 9.59 Å². The van der Waals surface area contributed by atoms with Crippen LogP contribution in [0.1, 0.15) is 31.4 Å². The van der Waals surface area contributed by atoms with Gasteiger partial charge in [-0.3, -0.25) is 14.6 Å². The predicted octanol–water partition coefficient (Wildman–Crippen LogP) is 3.55. The molecule has 6 rings (SSSR count). The number of nitrogens with one attached hydrogen (secondary N) is 1. The molecule has 0 radical (unpaired) electrons. The van der Waals surface area contributed by atoms with Crippen LogP contribution in [0.15, 0.2) is 60.6 Å². The van der Waals surface area contributed by atoms with Gasteiger partial charge in [0.1, 0.15) is 17.0 Å². The quantitative estimate of drug-likeness (QED) is 0.300. The topological polar surface area (TPSA) is 122 Å². The summed E-state index contributed by atoms with van der Waals surface area (Å²) in [6.45, 7) is 4.70. The van der Waals surface area contributed by atoms with Crippen LogP contribution in [0, 0.1) is 6.92 Å². The van der Waals surface area contributed by atoms with E-state index in [1.54, 1.807) is 29.9 Å². The number of rotatable bonds is 7. The summed E-state index contributed by atoms with van der Waals surface area (Å²) in [5, 5.41) is 2.90. The van der Waals surface area contributed by atoms with Crippen molar-refractivity contribution < 1.29 is 9.59 Å². The van der Waals surface area contributed by atoms with Crippen LogP contribution in [0.2, 0.25) is 0 Å². The van der Waals surface area contributed by atoms with Crippen molar-refractivity contribution in [2.45, 2.75) is 13.3 Å². The van der Waals surface area contributed by atoms with E-state index in [4.69, 9.17) is 0 Å². The van der Waals surface area contributed by atoms with Gasteiger partial charge in [0.25, 0.3) is 11.8 Å². The van der Waals surface area contributed by atoms with E-state index in [2.05, 4.69) is 35.1 Å². The normalized spacial score (nSPS) is 13.2. The van der Waals surface area contributed by atoms with Crippen molar-refractivity contribution in [3.05, 3.63) is 82.5 Å². The van der Waals surface area contributed by atoms with Crippen LogP contribution in [0.25, 0.3) is 22.4 Å². The Morgan fingerprint density at radius 1 is 0.952 bits per heavy atom. The Hall–Kier alpha value is -4.42. The molecule has 42 heavy (non-hydrogen) atoms. The van der Waals surface area contributed by atoms with E-state index in [0.717, 1.165) is 28.2 Å². The third-order valence-corrected chi connectivity index (χ3v) is 8.31. The van der Waals surface area contributed by atoms with E-state index in [-0.39, 0.29) is 29.9 Å². The maximum absolute atomic E-state index is 13.9. The number of nitrogens with zero attached hydrogens (tertiary/aromatic N) is 8. The highest BCUT2D eigenvalue weighted by Crippen LogP contribution is 2.32. The van der Waals surface area contributed by atoms with Crippen LogP contribution < -0.4 is 10.2 Å². The molecule has 1 N–H and O–H groups in total. The monoisotopic (exact) mass is 603 g/mol. The molecular formula is C29H30ClN9O2S. The molecular weight excluding hydrogens is 574 g/mol. The third kappa shape index (κ3) is 5.68. The first-order valence-corrected chi connectivity index (χ1v) is 14.3. The highest BCUT2D eigenvalue weighted by molar-refractivity contribution is 7.09. The van der Waals surface area contributed by atoms with Crippen LogP contribution >= 0.6 is 23.7 Å². The van der Waals surface area contributed by atoms with Gasteiger partial charge < -0.3 is 19.7 Å². The molecule has 13 heteroatoms. The smallest absolute Gasteiger partial charge is 0.271 e. The molecule has 5 heterocycles. The lowest BCUT2D eigenvalue weighted by molar-refractivity contribution is 0.0748. The van der Waals surface area contributed by atoms with Gasteiger partial charge in [0.15, 0.2) is 5.65 Å². The molecule has 1 aliphatic heterocycles. The summed E-state index contributed by atoms with van der Waals surface area (Å²) in [6, 6.07) is 9.86. The van der Waals surface area contributed by atoms with Crippen molar-refractivity contribution in [1.29, 1.82) is 0 Å². The number of amides is 2.